The van der Waals surface area contributed by atoms with Crippen LogP contribution in [0.5, 0.6) is 0 Å². The summed E-state index contributed by atoms with van der Waals surface area (Å²) in [7, 11) is 0. The molecule has 0 aromatic heterocycles. The highest BCUT2D eigenvalue weighted by molar-refractivity contribution is 7.99. The fourth-order valence-electron chi connectivity index (χ4n) is 1.95. The average molecular weight is 253 g/mol. The van der Waals surface area contributed by atoms with Crippen LogP contribution in [0.15, 0.2) is 24.3 Å². The molecule has 2 atom stereocenters. The smallest absolute Gasteiger partial charge is 0.0881 e. The van der Waals surface area contributed by atoms with Gasteiger partial charge in [-0.15, -0.1) is 0 Å². The van der Waals surface area contributed by atoms with Crippen molar-refractivity contribution < 1.29 is 9.84 Å². The van der Waals surface area contributed by atoms with E-state index in [1.807, 2.05) is 24.3 Å². The predicted octanol–water partition coefficient (Wildman–Crippen LogP) is 2.21. The van der Waals surface area contributed by atoms with Crippen LogP contribution in [0.2, 0.25) is 0 Å². The highest BCUT2D eigenvalue weighted by Crippen LogP contribution is 2.23. The van der Waals surface area contributed by atoms with Crippen LogP contribution >= 0.6 is 11.8 Å². The second kappa shape index (κ2) is 6.28. The molecule has 0 amide bonds. The van der Waals surface area contributed by atoms with Gasteiger partial charge in [0.15, 0.2) is 0 Å². The van der Waals surface area contributed by atoms with Gasteiger partial charge < -0.3 is 15.6 Å². The number of hydrogen-bond donors (Lipinski definition) is 2. The summed E-state index contributed by atoms with van der Waals surface area (Å²) in [5, 5.41) is 10.0. The molecule has 0 radical (unpaired) electrons. The van der Waals surface area contributed by atoms with E-state index in [1.165, 1.54) is 6.42 Å². The number of thioether (sulfide) groups is 1. The van der Waals surface area contributed by atoms with E-state index in [1.54, 1.807) is 11.8 Å². The molecule has 1 aromatic rings. The van der Waals surface area contributed by atoms with Crippen LogP contribution in [0.1, 0.15) is 24.5 Å². The number of hydrogen-bond acceptors (Lipinski definition) is 4. The third kappa shape index (κ3) is 3.91. The zero-order valence-electron chi connectivity index (χ0n) is 9.84. The highest BCUT2D eigenvalue weighted by atomic mass is 32.2. The van der Waals surface area contributed by atoms with E-state index in [0.717, 1.165) is 24.3 Å². The highest BCUT2D eigenvalue weighted by Gasteiger charge is 2.16. The molecule has 94 valence electrons. The molecule has 2 unspecified atom stereocenters. The first-order valence-electron chi connectivity index (χ1n) is 5.98. The van der Waals surface area contributed by atoms with Gasteiger partial charge >= 0.3 is 0 Å². The van der Waals surface area contributed by atoms with Crippen molar-refractivity contribution in [2.24, 2.45) is 0 Å². The number of nitrogens with two attached hydrogens (primary N) is 1. The average Bonchev–Trinajstić information content (AvgIpc) is 2.82. The maximum atomic E-state index is 10.0. The van der Waals surface area contributed by atoms with Crippen LogP contribution in [0.4, 0.5) is 5.69 Å². The predicted molar refractivity (Wildman–Crippen MR) is 72.1 cm³/mol. The SMILES string of the molecule is Nc1cccc(C(O)CSCC2CCCO2)c1. The van der Waals surface area contributed by atoms with Gasteiger partial charge in [-0.05, 0) is 30.5 Å². The normalized spacial score (nSPS) is 21.6. The van der Waals surface area contributed by atoms with Gasteiger partial charge in [0.2, 0.25) is 0 Å². The Morgan fingerprint density at radius 2 is 2.41 bits per heavy atom. The fraction of sp³-hybridized carbons (Fsp3) is 0.538. The van der Waals surface area contributed by atoms with Gasteiger partial charge in [-0.1, -0.05) is 12.1 Å². The number of aliphatic hydroxyl groups excluding tert-OH is 1. The molecular formula is C13H19NO2S. The number of rotatable bonds is 5. The molecule has 1 heterocycles. The second-order valence-corrected chi connectivity index (χ2v) is 5.43. The van der Waals surface area contributed by atoms with Crippen molar-refractivity contribution in [1.29, 1.82) is 0 Å². The van der Waals surface area contributed by atoms with Gasteiger partial charge in [-0.2, -0.15) is 11.8 Å². The third-order valence-corrected chi connectivity index (χ3v) is 4.06. The van der Waals surface area contributed by atoms with E-state index in [-0.39, 0.29) is 0 Å². The van der Waals surface area contributed by atoms with E-state index < -0.39 is 6.10 Å². The van der Waals surface area contributed by atoms with E-state index >= 15 is 0 Å². The molecule has 1 aliphatic rings. The zero-order valence-corrected chi connectivity index (χ0v) is 10.7. The molecular weight excluding hydrogens is 234 g/mol. The third-order valence-electron chi connectivity index (χ3n) is 2.90. The number of anilines is 1. The minimum atomic E-state index is -0.440. The summed E-state index contributed by atoms with van der Waals surface area (Å²) in [5.41, 5.74) is 7.28. The van der Waals surface area contributed by atoms with Crippen LogP contribution in [0, 0.1) is 0 Å². The van der Waals surface area contributed by atoms with Crippen molar-refractivity contribution >= 4 is 17.4 Å². The molecule has 1 fully saturated rings. The van der Waals surface area contributed by atoms with Gasteiger partial charge in [0.1, 0.15) is 0 Å². The van der Waals surface area contributed by atoms with Gasteiger partial charge in [0.25, 0.3) is 0 Å². The molecule has 0 bridgehead atoms. The minimum Gasteiger partial charge on any atom is -0.399 e. The Hall–Kier alpha value is -0.710. The Morgan fingerprint density at radius 1 is 1.53 bits per heavy atom. The van der Waals surface area contributed by atoms with Crippen molar-refractivity contribution in [3.8, 4) is 0 Å². The lowest BCUT2D eigenvalue weighted by molar-refractivity contribution is 0.128. The Bertz CT molecular complexity index is 353. The molecule has 2 rings (SSSR count). The van der Waals surface area contributed by atoms with E-state index in [2.05, 4.69) is 0 Å². The van der Waals surface area contributed by atoms with Crippen LogP contribution in [-0.2, 0) is 4.74 Å². The summed E-state index contributed by atoms with van der Waals surface area (Å²) in [5.74, 6) is 1.67. The zero-order chi connectivity index (χ0) is 12.1. The molecule has 4 heteroatoms. The first-order chi connectivity index (χ1) is 8.25. The van der Waals surface area contributed by atoms with Crippen LogP contribution < -0.4 is 5.73 Å². The first kappa shape index (κ1) is 12.7. The molecule has 1 saturated heterocycles. The summed E-state index contributed by atoms with van der Waals surface area (Å²) in [6, 6.07) is 7.44. The maximum absolute atomic E-state index is 10.0. The molecule has 17 heavy (non-hydrogen) atoms. The number of benzene rings is 1. The molecule has 0 saturated carbocycles. The molecule has 1 aliphatic heterocycles. The van der Waals surface area contributed by atoms with Gasteiger partial charge in [-0.25, -0.2) is 0 Å². The maximum Gasteiger partial charge on any atom is 0.0881 e. The number of ether oxygens (including phenoxy) is 1. The largest absolute Gasteiger partial charge is 0.399 e. The lowest BCUT2D eigenvalue weighted by Gasteiger charge is -2.13. The Labute approximate surface area is 106 Å². The van der Waals surface area contributed by atoms with E-state index in [4.69, 9.17) is 10.5 Å². The Kier molecular flexibility index (Phi) is 4.71. The Morgan fingerprint density at radius 3 is 3.12 bits per heavy atom. The van der Waals surface area contributed by atoms with Crippen molar-refractivity contribution in [3.05, 3.63) is 29.8 Å². The van der Waals surface area contributed by atoms with Gasteiger partial charge in [0.05, 0.1) is 12.2 Å². The van der Waals surface area contributed by atoms with Gasteiger partial charge in [-0.3, -0.25) is 0 Å². The summed E-state index contributed by atoms with van der Waals surface area (Å²) < 4.78 is 5.54. The monoisotopic (exact) mass is 253 g/mol. The summed E-state index contributed by atoms with van der Waals surface area (Å²) >= 11 is 1.74. The minimum absolute atomic E-state index is 0.382. The van der Waals surface area contributed by atoms with Crippen LogP contribution in [0.25, 0.3) is 0 Å². The summed E-state index contributed by atoms with van der Waals surface area (Å²) in [6.07, 6.45) is 2.27. The lowest BCUT2D eigenvalue weighted by Crippen LogP contribution is -2.10. The van der Waals surface area contributed by atoms with Crippen molar-refractivity contribution in [1.82, 2.24) is 0 Å². The fourth-order valence-corrected chi connectivity index (χ4v) is 3.03. The topological polar surface area (TPSA) is 55.5 Å². The summed E-state index contributed by atoms with van der Waals surface area (Å²) in [6.45, 7) is 0.892. The van der Waals surface area contributed by atoms with Crippen molar-refractivity contribution in [2.75, 3.05) is 23.8 Å². The molecule has 0 spiro atoms. The standard InChI is InChI=1S/C13H19NO2S/c14-11-4-1-3-10(7-11)13(15)9-17-8-12-5-2-6-16-12/h1,3-4,7,12-13,15H,2,5-6,8-9,14H2. The first-order valence-corrected chi connectivity index (χ1v) is 7.14. The molecule has 3 N–H and O–H groups in total. The van der Waals surface area contributed by atoms with Crippen molar-refractivity contribution in [3.63, 3.8) is 0 Å². The molecule has 3 nitrogen and oxygen atoms in total. The quantitative estimate of drug-likeness (QED) is 0.790. The van der Waals surface area contributed by atoms with E-state index in [0.29, 0.717) is 17.5 Å². The van der Waals surface area contributed by atoms with Crippen LogP contribution in [-0.4, -0.2) is 29.3 Å². The van der Waals surface area contributed by atoms with Crippen LogP contribution in [0.3, 0.4) is 0 Å². The summed E-state index contributed by atoms with van der Waals surface area (Å²) in [4.78, 5) is 0. The van der Waals surface area contributed by atoms with E-state index in [9.17, 15) is 5.11 Å². The Balaban J connectivity index is 1.74. The van der Waals surface area contributed by atoms with Gasteiger partial charge in [0, 0.05) is 23.8 Å². The van der Waals surface area contributed by atoms with Crippen molar-refractivity contribution in [2.45, 2.75) is 25.0 Å². The molecule has 1 aromatic carbocycles. The second-order valence-electron chi connectivity index (χ2n) is 4.36. The lowest BCUT2D eigenvalue weighted by atomic mass is 10.1. The number of nitrogen functional groups attached to an aromatic ring is 1. The molecule has 0 aliphatic carbocycles. The number of aliphatic hydroxyl groups is 1.